The van der Waals surface area contributed by atoms with Gasteiger partial charge in [0.15, 0.2) is 0 Å². The number of aromatic nitrogens is 4. The van der Waals surface area contributed by atoms with Gasteiger partial charge in [0.25, 0.3) is 5.78 Å². The molecule has 0 saturated carbocycles. The van der Waals surface area contributed by atoms with E-state index in [4.69, 9.17) is 0 Å². The van der Waals surface area contributed by atoms with Crippen molar-refractivity contribution in [3.05, 3.63) is 18.1 Å². The zero-order valence-electron chi connectivity index (χ0n) is 11.7. The fourth-order valence-corrected chi connectivity index (χ4v) is 3.18. The molecule has 0 aliphatic carbocycles. The van der Waals surface area contributed by atoms with E-state index in [0.717, 1.165) is 49.6 Å². The Morgan fingerprint density at radius 1 is 1.25 bits per heavy atom. The molecule has 0 bridgehead atoms. The minimum Gasteiger partial charge on any atom is -0.355 e. The quantitative estimate of drug-likeness (QED) is 0.790. The molecule has 0 atom stereocenters. The molecule has 0 radical (unpaired) electrons. The molecule has 2 aromatic rings. The highest BCUT2D eigenvalue weighted by molar-refractivity contribution is 9.09. The van der Waals surface area contributed by atoms with Crippen molar-refractivity contribution < 1.29 is 0 Å². The monoisotopic (exact) mass is 338 g/mol. The van der Waals surface area contributed by atoms with Crippen molar-refractivity contribution in [1.29, 1.82) is 0 Å². The summed E-state index contributed by atoms with van der Waals surface area (Å²) in [6.45, 7) is 7.44. The lowest BCUT2D eigenvalue weighted by molar-refractivity contribution is 0.313. The van der Waals surface area contributed by atoms with Crippen molar-refractivity contribution in [3.8, 4) is 0 Å². The van der Waals surface area contributed by atoms with E-state index in [1.165, 1.54) is 6.42 Å². The van der Waals surface area contributed by atoms with Gasteiger partial charge in [-0.25, -0.2) is 4.98 Å². The maximum atomic E-state index is 4.41. The highest BCUT2D eigenvalue weighted by atomic mass is 79.9. The molecule has 1 fully saturated rings. The molecule has 1 aliphatic rings. The molecule has 1 saturated heterocycles. The Labute approximate surface area is 126 Å². The van der Waals surface area contributed by atoms with E-state index in [1.807, 2.05) is 11.4 Å². The van der Waals surface area contributed by atoms with Crippen molar-refractivity contribution in [2.24, 2.45) is 0 Å². The van der Waals surface area contributed by atoms with E-state index >= 15 is 0 Å². The van der Waals surface area contributed by atoms with E-state index in [-0.39, 0.29) is 0 Å². The Morgan fingerprint density at radius 3 is 3.00 bits per heavy atom. The van der Waals surface area contributed by atoms with Gasteiger partial charge in [-0.05, 0) is 19.9 Å². The smallest absolute Gasteiger partial charge is 0.254 e. The van der Waals surface area contributed by atoms with Crippen molar-refractivity contribution >= 4 is 27.5 Å². The topological polar surface area (TPSA) is 49.6 Å². The largest absolute Gasteiger partial charge is 0.355 e. The fourth-order valence-electron chi connectivity index (χ4n) is 2.68. The van der Waals surface area contributed by atoms with Gasteiger partial charge in [0.2, 0.25) is 0 Å². The minimum atomic E-state index is 0.682. The average molecular weight is 339 g/mol. The Hall–Kier alpha value is -1.21. The molecule has 6 nitrogen and oxygen atoms in total. The maximum absolute atomic E-state index is 4.41. The first-order valence-electron chi connectivity index (χ1n) is 6.98. The number of fused-ring (bicyclic) bond motifs is 1. The van der Waals surface area contributed by atoms with E-state index in [9.17, 15) is 0 Å². The molecule has 20 heavy (non-hydrogen) atoms. The van der Waals surface area contributed by atoms with Crippen molar-refractivity contribution in [1.82, 2.24) is 24.5 Å². The normalized spacial score (nSPS) is 17.6. The third-order valence-corrected chi connectivity index (χ3v) is 4.03. The summed E-state index contributed by atoms with van der Waals surface area (Å²) in [5.41, 5.74) is 0.988. The fraction of sp³-hybridized carbons (Fsp3) is 0.615. The van der Waals surface area contributed by atoms with Gasteiger partial charge >= 0.3 is 0 Å². The molecule has 0 unspecified atom stereocenters. The lowest BCUT2D eigenvalue weighted by atomic mass is 10.3. The van der Waals surface area contributed by atoms with Gasteiger partial charge in [-0.1, -0.05) is 15.9 Å². The van der Waals surface area contributed by atoms with Gasteiger partial charge in [0, 0.05) is 43.3 Å². The molecule has 0 spiro atoms. The summed E-state index contributed by atoms with van der Waals surface area (Å²) >= 11 is 3.52. The van der Waals surface area contributed by atoms with Gasteiger partial charge in [-0.15, -0.1) is 0 Å². The summed E-state index contributed by atoms with van der Waals surface area (Å²) in [5.74, 6) is 1.78. The molecule has 7 heteroatoms. The van der Waals surface area contributed by atoms with Gasteiger partial charge in [0.1, 0.15) is 12.1 Å². The number of hydrogen-bond donors (Lipinski definition) is 0. The van der Waals surface area contributed by atoms with Crippen molar-refractivity contribution in [2.75, 3.05) is 43.0 Å². The second-order valence-electron chi connectivity index (χ2n) is 5.10. The van der Waals surface area contributed by atoms with Crippen LogP contribution in [0, 0.1) is 6.92 Å². The molecular weight excluding hydrogens is 320 g/mol. The van der Waals surface area contributed by atoms with Crippen LogP contribution in [0.2, 0.25) is 0 Å². The zero-order chi connectivity index (χ0) is 13.9. The molecule has 0 N–H and O–H groups in total. The van der Waals surface area contributed by atoms with Crippen LogP contribution in [0.4, 0.5) is 5.82 Å². The summed E-state index contributed by atoms with van der Waals surface area (Å²) < 4.78 is 1.84. The van der Waals surface area contributed by atoms with Gasteiger partial charge in [-0.3, -0.25) is 0 Å². The predicted molar refractivity (Wildman–Crippen MR) is 82.6 cm³/mol. The van der Waals surface area contributed by atoms with Crippen LogP contribution in [0.1, 0.15) is 12.1 Å². The summed E-state index contributed by atoms with van der Waals surface area (Å²) in [6.07, 6.45) is 2.74. The first-order valence-corrected chi connectivity index (χ1v) is 8.11. The Bertz CT molecular complexity index is 583. The Kier molecular flexibility index (Phi) is 4.16. The van der Waals surface area contributed by atoms with E-state index < -0.39 is 0 Å². The third-order valence-electron chi connectivity index (χ3n) is 3.67. The lowest BCUT2D eigenvalue weighted by Gasteiger charge is -2.23. The molecule has 0 amide bonds. The van der Waals surface area contributed by atoms with Crippen molar-refractivity contribution in [2.45, 2.75) is 13.3 Å². The lowest BCUT2D eigenvalue weighted by Crippen LogP contribution is -2.32. The highest BCUT2D eigenvalue weighted by Crippen LogP contribution is 2.17. The Morgan fingerprint density at radius 2 is 2.15 bits per heavy atom. The van der Waals surface area contributed by atoms with Crippen LogP contribution in [0.5, 0.6) is 0 Å². The van der Waals surface area contributed by atoms with Crippen LogP contribution in [0.3, 0.4) is 0 Å². The molecule has 3 rings (SSSR count). The second kappa shape index (κ2) is 6.05. The Balaban J connectivity index is 1.85. The molecule has 1 aliphatic heterocycles. The minimum absolute atomic E-state index is 0.682. The van der Waals surface area contributed by atoms with Gasteiger partial charge in [-0.2, -0.15) is 14.6 Å². The standard InChI is InChI=1S/C13H19BrN6/c1-11-9-12(20-13(17-11)15-10-16-20)19-5-2-4-18(6-3-14)7-8-19/h9-10H,2-8H2,1H3. The summed E-state index contributed by atoms with van der Waals surface area (Å²) in [4.78, 5) is 13.5. The molecule has 108 valence electrons. The van der Waals surface area contributed by atoms with Gasteiger partial charge in [0.05, 0.1) is 0 Å². The van der Waals surface area contributed by atoms with E-state index in [1.54, 1.807) is 6.33 Å². The maximum Gasteiger partial charge on any atom is 0.254 e. The number of aryl methyl sites for hydroxylation is 1. The number of hydrogen-bond acceptors (Lipinski definition) is 5. The summed E-state index contributed by atoms with van der Waals surface area (Å²) in [7, 11) is 0. The third kappa shape index (κ3) is 2.78. The first kappa shape index (κ1) is 13.8. The van der Waals surface area contributed by atoms with Crippen LogP contribution in [0.15, 0.2) is 12.4 Å². The molecule has 2 aromatic heterocycles. The predicted octanol–water partition coefficient (Wildman–Crippen LogP) is 1.34. The summed E-state index contributed by atoms with van der Waals surface area (Å²) in [5, 5.41) is 5.34. The number of halogens is 1. The van der Waals surface area contributed by atoms with Crippen LogP contribution in [-0.2, 0) is 0 Å². The number of rotatable bonds is 3. The molecule has 0 aromatic carbocycles. The van der Waals surface area contributed by atoms with E-state index in [2.05, 4.69) is 46.9 Å². The average Bonchev–Trinajstić information content (AvgIpc) is 2.77. The van der Waals surface area contributed by atoms with Crippen LogP contribution in [-0.4, -0.2) is 62.5 Å². The van der Waals surface area contributed by atoms with Crippen LogP contribution in [0.25, 0.3) is 5.78 Å². The SMILES string of the molecule is Cc1cc(N2CCCN(CCBr)CC2)n2ncnc2n1. The van der Waals surface area contributed by atoms with Gasteiger partial charge < -0.3 is 9.80 Å². The van der Waals surface area contributed by atoms with Crippen LogP contribution >= 0.6 is 15.9 Å². The van der Waals surface area contributed by atoms with Crippen LogP contribution < -0.4 is 4.90 Å². The second-order valence-corrected chi connectivity index (χ2v) is 5.89. The molecule has 3 heterocycles. The highest BCUT2D eigenvalue weighted by Gasteiger charge is 2.18. The summed E-state index contributed by atoms with van der Waals surface area (Å²) in [6, 6.07) is 2.10. The van der Waals surface area contributed by atoms with E-state index in [0.29, 0.717) is 5.78 Å². The first-order chi connectivity index (χ1) is 9.78. The molecular formula is C13H19BrN6. The number of alkyl halides is 1. The zero-order valence-corrected chi connectivity index (χ0v) is 13.3. The number of anilines is 1. The van der Waals surface area contributed by atoms with Crippen molar-refractivity contribution in [3.63, 3.8) is 0 Å². The number of nitrogens with zero attached hydrogens (tertiary/aromatic N) is 6.